The van der Waals surface area contributed by atoms with Gasteiger partial charge < -0.3 is 14.2 Å². The highest BCUT2D eigenvalue weighted by Gasteiger charge is 2.30. The second kappa shape index (κ2) is 11.1. The van der Waals surface area contributed by atoms with Crippen LogP contribution < -0.4 is 9.47 Å². The molecule has 1 fully saturated rings. The Morgan fingerprint density at radius 1 is 1.14 bits per heavy atom. The summed E-state index contributed by atoms with van der Waals surface area (Å²) in [6, 6.07) is 14.8. The number of carbonyl (C=O) groups excluding carboxylic acids is 1. The lowest BCUT2D eigenvalue weighted by Crippen LogP contribution is -2.16. The Morgan fingerprint density at radius 3 is 2.65 bits per heavy atom. The lowest BCUT2D eigenvalue weighted by Gasteiger charge is -2.18. The number of hydrogen-bond acceptors (Lipinski definition) is 5. The third-order valence-corrected chi connectivity index (χ3v) is 6.88. The Hall–Kier alpha value is -3.69. The van der Waals surface area contributed by atoms with E-state index < -0.39 is 0 Å². The highest BCUT2D eigenvalue weighted by Crippen LogP contribution is 2.42. The summed E-state index contributed by atoms with van der Waals surface area (Å²) in [4.78, 5) is 16.1. The molecule has 3 atom stereocenters. The predicted molar refractivity (Wildman–Crippen MR) is 139 cm³/mol. The zero-order valence-corrected chi connectivity index (χ0v) is 21.1. The number of hydrogen-bond donors (Lipinski definition) is 0. The Balaban J connectivity index is 1.33. The van der Waals surface area contributed by atoms with Gasteiger partial charge >= 0.3 is 0 Å². The third-order valence-electron chi connectivity index (χ3n) is 6.88. The van der Waals surface area contributed by atoms with Gasteiger partial charge in [0.25, 0.3) is 0 Å². The van der Waals surface area contributed by atoms with Crippen LogP contribution in [0, 0.1) is 17.7 Å². The third kappa shape index (κ3) is 5.68. The molecule has 5 nitrogen and oxygen atoms in total. The molecule has 1 saturated heterocycles. The van der Waals surface area contributed by atoms with Gasteiger partial charge in [0.15, 0.2) is 0 Å². The van der Waals surface area contributed by atoms with Crippen molar-refractivity contribution < 1.29 is 23.4 Å². The maximum atomic E-state index is 15.0. The SMILES string of the molecule is CC#C[C@@H](CC(C)=O)c1ccc(O[C@@H]2CCc3c(-c4ccc(O[C@H]5CCOC5)nc4)ccc(F)c32)cc1. The summed E-state index contributed by atoms with van der Waals surface area (Å²) in [6.45, 7) is 4.65. The van der Waals surface area contributed by atoms with Gasteiger partial charge in [0, 0.05) is 36.2 Å². The summed E-state index contributed by atoms with van der Waals surface area (Å²) < 4.78 is 32.5. The number of fused-ring (bicyclic) bond motifs is 1. The van der Waals surface area contributed by atoms with E-state index in [0.717, 1.165) is 35.1 Å². The van der Waals surface area contributed by atoms with Crippen molar-refractivity contribution in [2.75, 3.05) is 13.2 Å². The van der Waals surface area contributed by atoms with E-state index in [2.05, 4.69) is 16.8 Å². The zero-order chi connectivity index (χ0) is 25.8. The monoisotopic (exact) mass is 499 g/mol. The Labute approximate surface area is 217 Å². The number of pyridine rings is 1. The molecule has 0 unspecified atom stereocenters. The van der Waals surface area contributed by atoms with Gasteiger partial charge in [-0.05, 0) is 67.6 Å². The molecule has 2 heterocycles. The minimum Gasteiger partial charge on any atom is -0.486 e. The Kier molecular flexibility index (Phi) is 7.52. The largest absolute Gasteiger partial charge is 0.486 e. The van der Waals surface area contributed by atoms with Crippen molar-refractivity contribution in [3.05, 3.63) is 77.2 Å². The summed E-state index contributed by atoms with van der Waals surface area (Å²) in [7, 11) is 0. The highest BCUT2D eigenvalue weighted by atomic mass is 19.1. The molecule has 2 aromatic carbocycles. The molecule has 1 aliphatic heterocycles. The van der Waals surface area contributed by atoms with Crippen molar-refractivity contribution >= 4 is 5.78 Å². The van der Waals surface area contributed by atoms with Crippen molar-refractivity contribution in [2.24, 2.45) is 0 Å². The molecular formula is C31H30FNO4. The van der Waals surface area contributed by atoms with Crippen LogP contribution in [0.25, 0.3) is 11.1 Å². The number of halogens is 1. The quantitative estimate of drug-likeness (QED) is 0.345. The first kappa shape index (κ1) is 25.0. The standard InChI is InChI=1S/C31H30FNO4/c1-3-4-22(17-20(2)34)21-5-8-24(9-6-21)36-29-13-11-27-26(10-12-28(32)31(27)29)23-7-14-30(33-18-23)37-25-15-16-35-19-25/h5-10,12,14,18,22,25,29H,11,13,15-17,19H2,1-2H3/t22-,25-,29+/m0/s1. The first-order valence-corrected chi connectivity index (χ1v) is 12.7. The highest BCUT2D eigenvalue weighted by molar-refractivity contribution is 5.77. The summed E-state index contributed by atoms with van der Waals surface area (Å²) in [5.41, 5.74) is 4.42. The second-order valence-electron chi connectivity index (χ2n) is 9.54. The smallest absolute Gasteiger partial charge is 0.213 e. The molecule has 0 N–H and O–H groups in total. The molecule has 190 valence electrons. The molecule has 0 radical (unpaired) electrons. The Morgan fingerprint density at radius 2 is 1.97 bits per heavy atom. The molecule has 3 aromatic rings. The van der Waals surface area contributed by atoms with Crippen LogP contribution in [0.1, 0.15) is 61.8 Å². The number of ether oxygens (including phenoxy) is 3. The van der Waals surface area contributed by atoms with Crippen LogP contribution in [0.2, 0.25) is 0 Å². The first-order chi connectivity index (χ1) is 18.0. The topological polar surface area (TPSA) is 57.7 Å². The van der Waals surface area contributed by atoms with E-state index in [1.807, 2.05) is 42.5 Å². The van der Waals surface area contributed by atoms with Gasteiger partial charge in [-0.2, -0.15) is 0 Å². The molecule has 2 aliphatic rings. The van der Waals surface area contributed by atoms with E-state index in [0.29, 0.717) is 43.2 Å². The van der Waals surface area contributed by atoms with Gasteiger partial charge in [-0.15, -0.1) is 5.92 Å². The van der Waals surface area contributed by atoms with Crippen molar-refractivity contribution in [3.63, 3.8) is 0 Å². The molecule has 0 bridgehead atoms. The van der Waals surface area contributed by atoms with E-state index in [-0.39, 0.29) is 29.7 Å². The fraction of sp³-hybridized carbons (Fsp3) is 0.355. The van der Waals surface area contributed by atoms with Gasteiger partial charge in [0.2, 0.25) is 5.88 Å². The molecule has 0 amide bonds. The van der Waals surface area contributed by atoms with E-state index in [4.69, 9.17) is 14.2 Å². The van der Waals surface area contributed by atoms with Crippen molar-refractivity contribution in [3.8, 4) is 34.6 Å². The number of nitrogens with zero attached hydrogens (tertiary/aromatic N) is 1. The predicted octanol–water partition coefficient (Wildman–Crippen LogP) is 6.21. The minimum absolute atomic E-state index is 0.0417. The van der Waals surface area contributed by atoms with Crippen LogP contribution in [0.4, 0.5) is 4.39 Å². The van der Waals surface area contributed by atoms with Crippen LogP contribution in [0.5, 0.6) is 11.6 Å². The van der Waals surface area contributed by atoms with Crippen molar-refractivity contribution in [1.82, 2.24) is 4.98 Å². The summed E-state index contributed by atoms with van der Waals surface area (Å²) in [5, 5.41) is 0. The molecule has 1 aliphatic carbocycles. The van der Waals surface area contributed by atoms with Gasteiger partial charge in [0.05, 0.1) is 19.1 Å². The number of benzene rings is 2. The molecule has 6 heteroatoms. The second-order valence-corrected chi connectivity index (χ2v) is 9.54. The Bertz CT molecular complexity index is 1320. The lowest BCUT2D eigenvalue weighted by molar-refractivity contribution is -0.117. The van der Waals surface area contributed by atoms with Crippen LogP contribution in [0.15, 0.2) is 54.7 Å². The summed E-state index contributed by atoms with van der Waals surface area (Å²) in [5.74, 6) is 6.95. The first-order valence-electron chi connectivity index (χ1n) is 12.7. The summed E-state index contributed by atoms with van der Waals surface area (Å²) in [6.07, 6.45) is 4.10. The fourth-order valence-electron chi connectivity index (χ4n) is 5.10. The molecule has 37 heavy (non-hydrogen) atoms. The van der Waals surface area contributed by atoms with Crippen LogP contribution in [-0.2, 0) is 16.0 Å². The van der Waals surface area contributed by atoms with Crippen LogP contribution in [0.3, 0.4) is 0 Å². The average molecular weight is 500 g/mol. The number of carbonyl (C=O) groups is 1. The number of rotatable bonds is 8. The van der Waals surface area contributed by atoms with E-state index >= 15 is 4.39 Å². The lowest BCUT2D eigenvalue weighted by atomic mass is 9.94. The zero-order valence-electron chi connectivity index (χ0n) is 21.1. The normalized spacial score (nSPS) is 19.0. The van der Waals surface area contributed by atoms with Crippen molar-refractivity contribution in [1.29, 1.82) is 0 Å². The fourth-order valence-corrected chi connectivity index (χ4v) is 5.10. The molecule has 0 spiro atoms. The van der Waals surface area contributed by atoms with Crippen LogP contribution in [-0.4, -0.2) is 30.1 Å². The summed E-state index contributed by atoms with van der Waals surface area (Å²) >= 11 is 0. The van der Waals surface area contributed by atoms with Gasteiger partial charge in [-0.1, -0.05) is 24.1 Å². The molecule has 5 rings (SSSR count). The molecule has 0 saturated carbocycles. The number of ketones is 1. The minimum atomic E-state index is -0.373. The maximum absolute atomic E-state index is 15.0. The average Bonchev–Trinajstić information content (AvgIpc) is 3.56. The van der Waals surface area contributed by atoms with Crippen molar-refractivity contribution in [2.45, 2.75) is 57.7 Å². The number of aromatic nitrogens is 1. The molecule has 1 aromatic heterocycles. The number of Topliss-reactive ketones (excluding diaryl/α,β-unsaturated/α-hetero) is 1. The maximum Gasteiger partial charge on any atom is 0.213 e. The van der Waals surface area contributed by atoms with Crippen LogP contribution >= 0.6 is 0 Å². The van der Waals surface area contributed by atoms with E-state index in [9.17, 15) is 4.79 Å². The van der Waals surface area contributed by atoms with Gasteiger partial charge in [0.1, 0.15) is 29.6 Å². The van der Waals surface area contributed by atoms with E-state index in [1.165, 1.54) is 6.07 Å². The van der Waals surface area contributed by atoms with E-state index in [1.54, 1.807) is 20.0 Å². The van der Waals surface area contributed by atoms with Gasteiger partial charge in [-0.25, -0.2) is 9.37 Å². The van der Waals surface area contributed by atoms with Gasteiger partial charge in [-0.3, -0.25) is 4.79 Å². The molecular weight excluding hydrogens is 469 g/mol.